The first-order valence-electron chi connectivity index (χ1n) is 5.46. The Bertz CT molecular complexity index is 195. The monoisotopic (exact) mass is 218 g/mol. The molecule has 2 rings (SSSR count). The van der Waals surface area contributed by atoms with Crippen molar-refractivity contribution < 1.29 is 0 Å². The molecule has 1 heterocycles. The van der Waals surface area contributed by atoms with Gasteiger partial charge in [-0.1, -0.05) is 6.92 Å². The van der Waals surface area contributed by atoms with Crippen LogP contribution in [0.1, 0.15) is 33.1 Å². The van der Waals surface area contributed by atoms with E-state index < -0.39 is 0 Å². The summed E-state index contributed by atoms with van der Waals surface area (Å²) in [4.78, 5) is 2.57. The molecule has 2 nitrogen and oxygen atoms in total. The molecule has 0 aromatic heterocycles. The highest BCUT2D eigenvalue weighted by Crippen LogP contribution is 2.46. The highest BCUT2D eigenvalue weighted by molar-refractivity contribution is 5.85. The molecular formula is C11H23ClN2. The van der Waals surface area contributed by atoms with E-state index in [0.29, 0.717) is 11.0 Å². The van der Waals surface area contributed by atoms with Crippen LogP contribution in [0.4, 0.5) is 0 Å². The lowest BCUT2D eigenvalue weighted by molar-refractivity contribution is 0.130. The highest BCUT2D eigenvalue weighted by atomic mass is 35.5. The van der Waals surface area contributed by atoms with Gasteiger partial charge in [0, 0.05) is 18.6 Å². The zero-order valence-electron chi connectivity index (χ0n) is 9.60. The molecule has 84 valence electrons. The van der Waals surface area contributed by atoms with Gasteiger partial charge in [-0.2, -0.15) is 0 Å². The van der Waals surface area contributed by atoms with Gasteiger partial charge < -0.3 is 5.32 Å². The van der Waals surface area contributed by atoms with Crippen LogP contribution in [0.2, 0.25) is 0 Å². The summed E-state index contributed by atoms with van der Waals surface area (Å²) in [7, 11) is 2.29. The topological polar surface area (TPSA) is 15.3 Å². The molecule has 0 spiro atoms. The van der Waals surface area contributed by atoms with E-state index in [4.69, 9.17) is 0 Å². The fraction of sp³-hybridized carbons (Fsp3) is 1.00. The zero-order chi connectivity index (χ0) is 9.53. The summed E-state index contributed by atoms with van der Waals surface area (Å²) in [6, 6.07) is 0. The summed E-state index contributed by atoms with van der Waals surface area (Å²) in [5, 5.41) is 3.46. The third kappa shape index (κ3) is 2.41. The second kappa shape index (κ2) is 3.99. The molecule has 1 saturated carbocycles. The molecule has 0 amide bonds. The molecule has 14 heavy (non-hydrogen) atoms. The Morgan fingerprint density at radius 1 is 1.21 bits per heavy atom. The second-order valence-electron chi connectivity index (χ2n) is 5.59. The van der Waals surface area contributed by atoms with Gasteiger partial charge >= 0.3 is 0 Å². The number of rotatable bonds is 3. The molecule has 1 unspecified atom stereocenters. The Balaban J connectivity index is 0.000000980. The number of nitrogens with one attached hydrogen (secondary N) is 1. The molecule has 0 radical (unpaired) electrons. The first kappa shape index (κ1) is 12.3. The molecule has 0 bridgehead atoms. The van der Waals surface area contributed by atoms with E-state index in [9.17, 15) is 0 Å². The molecule has 1 N–H and O–H groups in total. The maximum Gasteiger partial charge on any atom is 0.0315 e. The summed E-state index contributed by atoms with van der Waals surface area (Å²) in [5.74, 6) is 0. The zero-order valence-corrected chi connectivity index (χ0v) is 10.4. The average Bonchev–Trinajstić information content (AvgIpc) is 2.63. The fourth-order valence-electron chi connectivity index (χ4n) is 2.26. The fourth-order valence-corrected chi connectivity index (χ4v) is 2.26. The van der Waals surface area contributed by atoms with Gasteiger partial charge in [0.2, 0.25) is 0 Å². The van der Waals surface area contributed by atoms with Crippen LogP contribution in [-0.2, 0) is 0 Å². The number of hydrogen-bond donors (Lipinski definition) is 1. The normalized spacial score (nSPS) is 34.3. The minimum Gasteiger partial charge on any atom is -0.315 e. The molecule has 0 aromatic rings. The van der Waals surface area contributed by atoms with Gasteiger partial charge in [0.15, 0.2) is 0 Å². The van der Waals surface area contributed by atoms with Crippen molar-refractivity contribution in [3.8, 4) is 0 Å². The van der Waals surface area contributed by atoms with Crippen LogP contribution in [0.3, 0.4) is 0 Å². The van der Waals surface area contributed by atoms with Gasteiger partial charge in [0.1, 0.15) is 0 Å². The predicted molar refractivity (Wildman–Crippen MR) is 63.1 cm³/mol. The van der Waals surface area contributed by atoms with Crippen LogP contribution in [-0.4, -0.2) is 37.1 Å². The van der Waals surface area contributed by atoms with E-state index in [1.54, 1.807) is 0 Å². The SMILES string of the molecule is CN(CC1(C)CC1)C1(C)CCNC1.Cl. The van der Waals surface area contributed by atoms with Crippen LogP contribution in [0.15, 0.2) is 0 Å². The van der Waals surface area contributed by atoms with Gasteiger partial charge in [-0.05, 0) is 45.2 Å². The minimum atomic E-state index is 0. The Morgan fingerprint density at radius 3 is 2.29 bits per heavy atom. The Morgan fingerprint density at radius 2 is 1.86 bits per heavy atom. The van der Waals surface area contributed by atoms with Crippen LogP contribution in [0.5, 0.6) is 0 Å². The molecule has 1 atom stereocenters. The number of halogens is 1. The van der Waals surface area contributed by atoms with E-state index in [2.05, 4.69) is 31.1 Å². The highest BCUT2D eigenvalue weighted by Gasteiger charge is 2.42. The lowest BCUT2D eigenvalue weighted by atomic mass is 9.97. The van der Waals surface area contributed by atoms with Crippen molar-refractivity contribution in [1.82, 2.24) is 10.2 Å². The number of hydrogen-bond acceptors (Lipinski definition) is 2. The van der Waals surface area contributed by atoms with Crippen molar-refractivity contribution in [2.45, 2.75) is 38.6 Å². The van der Waals surface area contributed by atoms with Crippen molar-refractivity contribution in [1.29, 1.82) is 0 Å². The van der Waals surface area contributed by atoms with Crippen molar-refractivity contribution in [2.75, 3.05) is 26.7 Å². The molecule has 1 aliphatic heterocycles. The molecule has 1 aliphatic carbocycles. The first-order valence-corrected chi connectivity index (χ1v) is 5.46. The maximum atomic E-state index is 3.46. The predicted octanol–water partition coefficient (Wildman–Crippen LogP) is 1.89. The first-order chi connectivity index (χ1) is 6.04. The van der Waals surface area contributed by atoms with E-state index in [1.165, 1.54) is 38.9 Å². The number of likely N-dealkylation sites (N-methyl/N-ethyl adjacent to an activating group) is 1. The van der Waals surface area contributed by atoms with Gasteiger partial charge in [-0.3, -0.25) is 4.90 Å². The lowest BCUT2D eigenvalue weighted by Crippen LogP contribution is -2.47. The molecule has 1 saturated heterocycles. The van der Waals surface area contributed by atoms with Crippen molar-refractivity contribution in [3.05, 3.63) is 0 Å². The summed E-state index contributed by atoms with van der Waals surface area (Å²) in [6.07, 6.45) is 4.17. The summed E-state index contributed by atoms with van der Waals surface area (Å²) in [6.45, 7) is 8.44. The third-order valence-corrected chi connectivity index (χ3v) is 3.99. The van der Waals surface area contributed by atoms with Gasteiger partial charge in [0.05, 0.1) is 0 Å². The van der Waals surface area contributed by atoms with Crippen molar-refractivity contribution in [2.24, 2.45) is 5.41 Å². The number of nitrogens with zero attached hydrogens (tertiary/aromatic N) is 1. The standard InChI is InChI=1S/C11H22N2.ClH/c1-10(4-5-10)9-13(3)11(2)6-7-12-8-11;/h12H,4-9H2,1-3H3;1H. The summed E-state index contributed by atoms with van der Waals surface area (Å²) >= 11 is 0. The molecular weight excluding hydrogens is 196 g/mol. The quantitative estimate of drug-likeness (QED) is 0.779. The Kier molecular flexibility index (Phi) is 3.50. The third-order valence-electron chi connectivity index (χ3n) is 3.99. The van der Waals surface area contributed by atoms with Gasteiger partial charge in [-0.15, -0.1) is 12.4 Å². The summed E-state index contributed by atoms with van der Waals surface area (Å²) in [5.41, 5.74) is 1.08. The van der Waals surface area contributed by atoms with Crippen molar-refractivity contribution >= 4 is 12.4 Å². The second-order valence-corrected chi connectivity index (χ2v) is 5.59. The van der Waals surface area contributed by atoms with Crippen LogP contribution >= 0.6 is 12.4 Å². The average molecular weight is 219 g/mol. The van der Waals surface area contributed by atoms with E-state index >= 15 is 0 Å². The molecule has 0 aromatic carbocycles. The van der Waals surface area contributed by atoms with Gasteiger partial charge in [0.25, 0.3) is 0 Å². The Hall–Kier alpha value is 0.210. The molecule has 2 fully saturated rings. The van der Waals surface area contributed by atoms with Crippen LogP contribution in [0, 0.1) is 5.41 Å². The van der Waals surface area contributed by atoms with E-state index in [-0.39, 0.29) is 12.4 Å². The summed E-state index contributed by atoms with van der Waals surface area (Å²) < 4.78 is 0. The lowest BCUT2D eigenvalue weighted by Gasteiger charge is -2.36. The van der Waals surface area contributed by atoms with Crippen LogP contribution < -0.4 is 5.32 Å². The van der Waals surface area contributed by atoms with E-state index in [0.717, 1.165) is 0 Å². The smallest absolute Gasteiger partial charge is 0.0315 e. The minimum absolute atomic E-state index is 0. The van der Waals surface area contributed by atoms with Gasteiger partial charge in [-0.25, -0.2) is 0 Å². The molecule has 3 heteroatoms. The maximum absolute atomic E-state index is 3.46. The molecule has 2 aliphatic rings. The largest absolute Gasteiger partial charge is 0.315 e. The van der Waals surface area contributed by atoms with Crippen molar-refractivity contribution in [3.63, 3.8) is 0 Å². The Labute approximate surface area is 93.8 Å². The van der Waals surface area contributed by atoms with E-state index in [1.807, 2.05) is 0 Å². The van der Waals surface area contributed by atoms with Crippen LogP contribution in [0.25, 0.3) is 0 Å².